The summed E-state index contributed by atoms with van der Waals surface area (Å²) in [5.74, 6) is -0.185. The molecule has 1 aliphatic heterocycles. The normalized spacial score (nSPS) is 14.0. The van der Waals surface area contributed by atoms with E-state index in [9.17, 15) is 24.5 Å². The van der Waals surface area contributed by atoms with E-state index in [2.05, 4.69) is 27.9 Å². The first-order valence-electron chi connectivity index (χ1n) is 11.8. The number of hydrogen-bond donors (Lipinski definition) is 1. The Labute approximate surface area is 251 Å². The van der Waals surface area contributed by atoms with Gasteiger partial charge in [-0.1, -0.05) is 11.6 Å². The van der Waals surface area contributed by atoms with Gasteiger partial charge in [0.1, 0.15) is 13.2 Å². The molecule has 0 bridgehead atoms. The van der Waals surface area contributed by atoms with E-state index in [0.29, 0.717) is 37.9 Å². The molecule has 0 radical (unpaired) electrons. The standard InChI is InChI=1S/C27H21ClIN3O7S/c1-2-38-22-12-17(11-21(29)25(22)39-15-16-3-9-20(10-4-16)32(36)37)13-23-26(34)31(27(35)40-23)14-24(33)30-19-7-5-18(28)6-8-19/h3-13H,2,14-15H2,1H3,(H,30,33)/b23-13+. The van der Waals surface area contributed by atoms with Crippen LogP contribution in [0.15, 0.2) is 65.6 Å². The second-order valence-corrected chi connectivity index (χ2v) is 10.9. The average molecular weight is 694 g/mol. The van der Waals surface area contributed by atoms with Gasteiger partial charge in [0.15, 0.2) is 11.5 Å². The lowest BCUT2D eigenvalue weighted by Crippen LogP contribution is -2.36. The first-order chi connectivity index (χ1) is 19.1. The summed E-state index contributed by atoms with van der Waals surface area (Å²) in [6.45, 7) is 1.90. The third-order valence-electron chi connectivity index (χ3n) is 5.46. The van der Waals surface area contributed by atoms with Crippen molar-refractivity contribution in [1.29, 1.82) is 0 Å². The van der Waals surface area contributed by atoms with Crippen molar-refractivity contribution in [3.8, 4) is 11.5 Å². The number of carbonyl (C=O) groups excluding carboxylic acids is 3. The summed E-state index contributed by atoms with van der Waals surface area (Å²) in [7, 11) is 0. The van der Waals surface area contributed by atoms with Gasteiger partial charge in [0, 0.05) is 22.8 Å². The van der Waals surface area contributed by atoms with E-state index < -0.39 is 28.5 Å². The van der Waals surface area contributed by atoms with Gasteiger partial charge in [0.05, 0.1) is 20.0 Å². The van der Waals surface area contributed by atoms with E-state index in [4.69, 9.17) is 21.1 Å². The van der Waals surface area contributed by atoms with Crippen molar-refractivity contribution in [2.45, 2.75) is 13.5 Å². The largest absolute Gasteiger partial charge is 0.490 e. The van der Waals surface area contributed by atoms with Crippen molar-refractivity contribution < 1.29 is 28.8 Å². The van der Waals surface area contributed by atoms with Gasteiger partial charge in [-0.15, -0.1) is 0 Å². The van der Waals surface area contributed by atoms with E-state index in [0.717, 1.165) is 22.2 Å². The van der Waals surface area contributed by atoms with E-state index in [1.54, 1.807) is 54.6 Å². The number of ether oxygens (including phenoxy) is 2. The number of anilines is 1. The fraction of sp³-hybridized carbons (Fsp3) is 0.148. The molecule has 13 heteroatoms. The number of amides is 3. The number of nitrogens with one attached hydrogen (secondary N) is 1. The Morgan fingerprint density at radius 2 is 1.82 bits per heavy atom. The zero-order chi connectivity index (χ0) is 28.8. The lowest BCUT2D eigenvalue weighted by Gasteiger charge is -2.15. The van der Waals surface area contributed by atoms with E-state index >= 15 is 0 Å². The summed E-state index contributed by atoms with van der Waals surface area (Å²) in [5.41, 5.74) is 1.82. The highest BCUT2D eigenvalue weighted by Crippen LogP contribution is 2.38. The van der Waals surface area contributed by atoms with Crippen molar-refractivity contribution >= 4 is 80.5 Å². The molecular formula is C27H21ClIN3O7S. The molecule has 1 heterocycles. The predicted octanol–water partition coefficient (Wildman–Crippen LogP) is 6.51. The molecule has 4 rings (SSSR count). The molecule has 1 N–H and O–H groups in total. The second kappa shape index (κ2) is 13.2. The van der Waals surface area contributed by atoms with Gasteiger partial charge >= 0.3 is 0 Å². The number of rotatable bonds is 10. The van der Waals surface area contributed by atoms with Crippen LogP contribution in [0.4, 0.5) is 16.2 Å². The number of benzene rings is 3. The number of imide groups is 1. The first-order valence-corrected chi connectivity index (χ1v) is 14.0. The van der Waals surface area contributed by atoms with Crippen LogP contribution in [0.25, 0.3) is 6.08 Å². The molecule has 1 fully saturated rings. The molecule has 10 nitrogen and oxygen atoms in total. The molecule has 0 saturated carbocycles. The van der Waals surface area contributed by atoms with Crippen molar-refractivity contribution in [2.75, 3.05) is 18.5 Å². The van der Waals surface area contributed by atoms with Crippen molar-refractivity contribution in [1.82, 2.24) is 4.90 Å². The minimum absolute atomic E-state index is 0.00992. The zero-order valence-corrected chi connectivity index (χ0v) is 24.6. The maximum atomic E-state index is 13.0. The average Bonchev–Trinajstić information content (AvgIpc) is 3.17. The zero-order valence-electron chi connectivity index (χ0n) is 20.9. The van der Waals surface area contributed by atoms with Crippen LogP contribution in [-0.2, 0) is 16.2 Å². The third kappa shape index (κ3) is 7.31. The van der Waals surface area contributed by atoms with Crippen molar-refractivity contribution in [3.05, 3.63) is 95.4 Å². The molecule has 0 atom stereocenters. The molecule has 1 aliphatic rings. The number of thioether (sulfide) groups is 1. The smallest absolute Gasteiger partial charge is 0.294 e. The number of halogens is 2. The Balaban J connectivity index is 1.47. The van der Waals surface area contributed by atoms with Crippen LogP contribution in [-0.4, -0.2) is 40.0 Å². The highest BCUT2D eigenvalue weighted by molar-refractivity contribution is 14.1. The van der Waals surface area contributed by atoms with Gasteiger partial charge in [-0.05, 0) is 107 Å². The van der Waals surface area contributed by atoms with Crippen LogP contribution in [0.2, 0.25) is 5.02 Å². The second-order valence-electron chi connectivity index (χ2n) is 8.30. The number of nitro benzene ring substituents is 1. The SMILES string of the molecule is CCOc1cc(/C=C2/SC(=O)N(CC(=O)Nc3ccc(Cl)cc3)C2=O)cc(I)c1OCc1ccc([N+](=O)[O-])cc1. The van der Waals surface area contributed by atoms with Crippen LogP contribution in [0, 0.1) is 13.7 Å². The molecule has 3 aromatic carbocycles. The van der Waals surface area contributed by atoms with Crippen LogP contribution in [0.1, 0.15) is 18.1 Å². The van der Waals surface area contributed by atoms with Gasteiger partial charge < -0.3 is 14.8 Å². The van der Waals surface area contributed by atoms with E-state index in [1.165, 1.54) is 12.1 Å². The number of non-ortho nitro benzene ring substituents is 1. The summed E-state index contributed by atoms with van der Waals surface area (Å²) in [5, 5.41) is 13.5. The van der Waals surface area contributed by atoms with Gasteiger partial charge in [-0.25, -0.2) is 0 Å². The van der Waals surface area contributed by atoms with Crippen LogP contribution in [0.3, 0.4) is 0 Å². The molecule has 40 heavy (non-hydrogen) atoms. The Morgan fingerprint density at radius 3 is 2.48 bits per heavy atom. The maximum Gasteiger partial charge on any atom is 0.294 e. The fourth-order valence-corrected chi connectivity index (χ4v) is 5.35. The molecule has 0 spiro atoms. The maximum absolute atomic E-state index is 13.0. The predicted molar refractivity (Wildman–Crippen MR) is 161 cm³/mol. The quantitative estimate of drug-likeness (QED) is 0.110. The Bertz CT molecular complexity index is 1500. The molecule has 3 aromatic rings. The summed E-state index contributed by atoms with van der Waals surface area (Å²) >= 11 is 8.68. The molecular weight excluding hydrogens is 673 g/mol. The summed E-state index contributed by atoms with van der Waals surface area (Å²) < 4.78 is 12.4. The number of nitro groups is 1. The van der Waals surface area contributed by atoms with E-state index in [-0.39, 0.29) is 17.2 Å². The number of hydrogen-bond acceptors (Lipinski definition) is 8. The lowest BCUT2D eigenvalue weighted by molar-refractivity contribution is -0.384. The highest BCUT2D eigenvalue weighted by atomic mass is 127. The van der Waals surface area contributed by atoms with Gasteiger partial charge in [-0.2, -0.15) is 0 Å². The Kier molecular flexibility index (Phi) is 9.66. The third-order valence-corrected chi connectivity index (χ3v) is 7.42. The summed E-state index contributed by atoms with van der Waals surface area (Å²) in [6, 6.07) is 16.0. The summed E-state index contributed by atoms with van der Waals surface area (Å²) in [4.78, 5) is 49.4. The van der Waals surface area contributed by atoms with Gasteiger partial charge in [0.2, 0.25) is 5.91 Å². The minimum atomic E-state index is -0.576. The number of nitrogens with zero attached hydrogens (tertiary/aromatic N) is 2. The lowest BCUT2D eigenvalue weighted by atomic mass is 10.1. The first kappa shape index (κ1) is 29.4. The summed E-state index contributed by atoms with van der Waals surface area (Å²) in [6.07, 6.45) is 1.56. The molecule has 1 saturated heterocycles. The monoisotopic (exact) mass is 693 g/mol. The topological polar surface area (TPSA) is 128 Å². The van der Waals surface area contributed by atoms with Crippen molar-refractivity contribution in [2.24, 2.45) is 0 Å². The van der Waals surface area contributed by atoms with E-state index in [1.807, 2.05) is 6.92 Å². The van der Waals surface area contributed by atoms with Crippen molar-refractivity contribution in [3.63, 3.8) is 0 Å². The fourth-order valence-electron chi connectivity index (χ4n) is 3.61. The molecule has 0 aliphatic carbocycles. The molecule has 0 unspecified atom stereocenters. The Morgan fingerprint density at radius 1 is 1.12 bits per heavy atom. The number of carbonyl (C=O) groups is 3. The molecule has 206 valence electrons. The minimum Gasteiger partial charge on any atom is -0.490 e. The Hall–Kier alpha value is -3.62. The van der Waals surface area contributed by atoms with Gasteiger partial charge in [0.25, 0.3) is 16.8 Å². The molecule has 3 amide bonds. The van der Waals surface area contributed by atoms with Crippen LogP contribution >= 0.6 is 46.0 Å². The molecule has 0 aromatic heterocycles. The van der Waals surface area contributed by atoms with Crippen LogP contribution in [0.5, 0.6) is 11.5 Å². The highest BCUT2D eigenvalue weighted by Gasteiger charge is 2.36. The van der Waals surface area contributed by atoms with Crippen LogP contribution < -0.4 is 14.8 Å². The van der Waals surface area contributed by atoms with Gasteiger partial charge in [-0.3, -0.25) is 29.4 Å².